The van der Waals surface area contributed by atoms with Gasteiger partial charge < -0.3 is 25.8 Å². The molecule has 0 aromatic heterocycles. The van der Waals surface area contributed by atoms with Gasteiger partial charge in [0.2, 0.25) is 6.79 Å². The fourth-order valence-corrected chi connectivity index (χ4v) is 4.12. The summed E-state index contributed by atoms with van der Waals surface area (Å²) >= 11 is 1.41. The summed E-state index contributed by atoms with van der Waals surface area (Å²) in [6, 6.07) is 12.1. The maximum atomic E-state index is 10.9. The van der Waals surface area contributed by atoms with Crippen molar-refractivity contribution < 1.29 is 14.4 Å². The summed E-state index contributed by atoms with van der Waals surface area (Å²) in [5.74, 6) is 1.90. The zero-order chi connectivity index (χ0) is 22.7. The van der Waals surface area contributed by atoms with E-state index >= 15 is 0 Å². The van der Waals surface area contributed by atoms with E-state index in [-0.39, 0.29) is 18.3 Å². The number of hydrogen-bond donors (Lipinski definition) is 2. The Morgan fingerprint density at radius 1 is 1.25 bits per heavy atom. The van der Waals surface area contributed by atoms with E-state index in [1.807, 2.05) is 23.1 Å². The fraction of sp³-hybridized carbons (Fsp3) is 0.143. The van der Waals surface area contributed by atoms with Gasteiger partial charge in [0.15, 0.2) is 22.5 Å². The molecular formula is C21H20N6O4S. The van der Waals surface area contributed by atoms with Gasteiger partial charge in [0.1, 0.15) is 11.5 Å². The highest BCUT2D eigenvalue weighted by molar-refractivity contribution is 8.13. The van der Waals surface area contributed by atoms with Crippen molar-refractivity contribution in [2.45, 2.75) is 11.3 Å². The van der Waals surface area contributed by atoms with Crippen LogP contribution in [0.2, 0.25) is 0 Å². The van der Waals surface area contributed by atoms with Crippen molar-refractivity contribution in [3.63, 3.8) is 0 Å². The number of rotatable bonds is 6. The second-order valence-corrected chi connectivity index (χ2v) is 7.82. The summed E-state index contributed by atoms with van der Waals surface area (Å²) in [6.45, 7) is 4.37. The summed E-state index contributed by atoms with van der Waals surface area (Å²) in [7, 11) is 0. The summed E-state index contributed by atoms with van der Waals surface area (Å²) in [5.41, 5.74) is 13.1. The quantitative estimate of drug-likeness (QED) is 0.503. The molecule has 2 heterocycles. The summed E-state index contributed by atoms with van der Waals surface area (Å²) in [4.78, 5) is 22.2. The molecule has 0 spiro atoms. The zero-order valence-corrected chi connectivity index (χ0v) is 17.7. The number of nitrogens with zero attached hydrogens (tertiary/aromatic N) is 4. The Morgan fingerprint density at radius 2 is 2.00 bits per heavy atom. The Hall–Kier alpha value is -3.99. The molecule has 0 bridgehead atoms. The number of benzene rings is 2. The summed E-state index contributed by atoms with van der Waals surface area (Å²) in [6.07, 6.45) is 1.99. The van der Waals surface area contributed by atoms with Crippen molar-refractivity contribution in [2.24, 2.45) is 21.5 Å². The molecule has 0 aliphatic carbocycles. The second kappa shape index (κ2) is 9.02. The molecule has 11 heteroatoms. The highest BCUT2D eigenvalue weighted by Crippen LogP contribution is 2.37. The molecule has 32 heavy (non-hydrogen) atoms. The van der Waals surface area contributed by atoms with Gasteiger partial charge >= 0.3 is 0 Å². The monoisotopic (exact) mass is 452 g/mol. The topological polar surface area (TPSA) is 142 Å². The van der Waals surface area contributed by atoms with Crippen LogP contribution in [0.3, 0.4) is 0 Å². The molecule has 2 aromatic carbocycles. The summed E-state index contributed by atoms with van der Waals surface area (Å²) in [5, 5.41) is 11.5. The maximum absolute atomic E-state index is 10.9. The molecule has 164 valence electrons. The van der Waals surface area contributed by atoms with Gasteiger partial charge in [-0.05, 0) is 30.2 Å². The lowest BCUT2D eigenvalue weighted by atomic mass is 10.1. The molecule has 0 saturated heterocycles. The standard InChI is InChI=1S/C21H20N6O4S/c1-2-24-20-18(19(22)23)25-21(32-15-7-8-16-17(11-15)31-12-30-16)26(20)10-9-13-3-5-14(6-4-13)27(28)29/h2-8,11H,1,9-10,12,22-23H2/b24-20+. The molecule has 0 amide bonds. The molecule has 2 aliphatic rings. The van der Waals surface area contributed by atoms with Gasteiger partial charge in [-0.3, -0.25) is 10.1 Å². The number of aliphatic imine (C=N–C) groups is 2. The molecule has 0 fully saturated rings. The molecule has 0 radical (unpaired) electrons. The molecule has 2 aliphatic heterocycles. The number of nitrogens with two attached hydrogens (primary N) is 2. The van der Waals surface area contributed by atoms with Crippen molar-refractivity contribution in [3.05, 3.63) is 82.4 Å². The molecule has 0 saturated carbocycles. The van der Waals surface area contributed by atoms with Crippen LogP contribution in [-0.2, 0) is 6.42 Å². The van der Waals surface area contributed by atoms with Crippen LogP contribution in [-0.4, -0.2) is 34.2 Å². The molecular weight excluding hydrogens is 432 g/mol. The maximum Gasteiger partial charge on any atom is 0.269 e. The molecule has 4 N–H and O–H groups in total. The summed E-state index contributed by atoms with van der Waals surface area (Å²) < 4.78 is 10.8. The molecule has 2 aromatic rings. The van der Waals surface area contributed by atoms with Gasteiger partial charge in [-0.2, -0.15) is 0 Å². The zero-order valence-electron chi connectivity index (χ0n) is 16.9. The van der Waals surface area contributed by atoms with Crippen LogP contribution in [0.15, 0.2) is 81.6 Å². The number of ether oxygens (including phenoxy) is 2. The average molecular weight is 452 g/mol. The predicted octanol–water partition coefficient (Wildman–Crippen LogP) is 2.96. The van der Waals surface area contributed by atoms with E-state index in [0.29, 0.717) is 41.2 Å². The predicted molar refractivity (Wildman–Crippen MR) is 122 cm³/mol. The Morgan fingerprint density at radius 3 is 2.69 bits per heavy atom. The Balaban J connectivity index is 1.59. The SMILES string of the molecule is C=C/N=C1\C(=C(N)N)N=C(Sc2ccc3c(c2)OCO3)N1CCc1ccc([N+](=O)[O-])cc1. The van der Waals surface area contributed by atoms with Crippen molar-refractivity contribution in [1.29, 1.82) is 0 Å². The van der Waals surface area contributed by atoms with Crippen LogP contribution in [0.4, 0.5) is 5.69 Å². The van der Waals surface area contributed by atoms with Gasteiger partial charge in [0.05, 0.1) is 4.92 Å². The molecule has 0 unspecified atom stereocenters. The lowest BCUT2D eigenvalue weighted by molar-refractivity contribution is -0.384. The third-order valence-corrected chi connectivity index (χ3v) is 5.70. The normalized spacial score (nSPS) is 15.8. The van der Waals surface area contributed by atoms with E-state index in [1.54, 1.807) is 12.1 Å². The van der Waals surface area contributed by atoms with Crippen molar-refractivity contribution in [3.8, 4) is 11.5 Å². The highest BCUT2D eigenvalue weighted by atomic mass is 32.2. The lowest BCUT2D eigenvalue weighted by Crippen LogP contribution is -2.33. The Bertz CT molecular complexity index is 1160. The fourth-order valence-electron chi connectivity index (χ4n) is 3.19. The number of amidine groups is 2. The van der Waals surface area contributed by atoms with E-state index in [9.17, 15) is 10.1 Å². The first-order chi connectivity index (χ1) is 15.5. The minimum Gasteiger partial charge on any atom is -0.454 e. The number of nitro benzene ring substituents is 1. The van der Waals surface area contributed by atoms with E-state index in [0.717, 1.165) is 10.5 Å². The lowest BCUT2D eigenvalue weighted by Gasteiger charge is -2.20. The van der Waals surface area contributed by atoms with Crippen LogP contribution in [0, 0.1) is 10.1 Å². The van der Waals surface area contributed by atoms with Crippen molar-refractivity contribution in [1.82, 2.24) is 4.90 Å². The van der Waals surface area contributed by atoms with Gasteiger partial charge in [0.25, 0.3) is 5.69 Å². The average Bonchev–Trinajstić information content (AvgIpc) is 3.37. The third kappa shape index (κ3) is 4.37. The van der Waals surface area contributed by atoms with Gasteiger partial charge in [-0.25, -0.2) is 9.98 Å². The van der Waals surface area contributed by atoms with Crippen molar-refractivity contribution >= 4 is 28.5 Å². The number of non-ortho nitro benzene ring substituents is 1. The van der Waals surface area contributed by atoms with Crippen molar-refractivity contribution in [2.75, 3.05) is 13.3 Å². The Labute approximate surface area is 188 Å². The van der Waals surface area contributed by atoms with E-state index in [1.165, 1.54) is 30.1 Å². The van der Waals surface area contributed by atoms with Crippen LogP contribution in [0.5, 0.6) is 11.5 Å². The van der Waals surface area contributed by atoms with E-state index < -0.39 is 4.92 Å². The number of fused-ring (bicyclic) bond motifs is 1. The van der Waals surface area contributed by atoms with Gasteiger partial charge in [-0.1, -0.05) is 30.5 Å². The molecule has 0 atom stereocenters. The van der Waals surface area contributed by atoms with Crippen LogP contribution < -0.4 is 20.9 Å². The minimum atomic E-state index is -0.424. The van der Waals surface area contributed by atoms with Gasteiger partial charge in [-0.15, -0.1) is 0 Å². The molecule has 10 nitrogen and oxygen atoms in total. The number of thioether (sulfide) groups is 1. The number of hydrogen-bond acceptors (Lipinski definition) is 9. The smallest absolute Gasteiger partial charge is 0.269 e. The van der Waals surface area contributed by atoms with Crippen LogP contribution in [0.1, 0.15) is 5.56 Å². The minimum absolute atomic E-state index is 0.0468. The first-order valence-corrected chi connectivity index (χ1v) is 10.4. The van der Waals surface area contributed by atoms with E-state index in [2.05, 4.69) is 16.6 Å². The van der Waals surface area contributed by atoms with Gasteiger partial charge in [0, 0.05) is 29.8 Å². The second-order valence-electron chi connectivity index (χ2n) is 6.78. The largest absolute Gasteiger partial charge is 0.454 e. The Kier molecular flexibility index (Phi) is 5.99. The first kappa shape index (κ1) is 21.2. The van der Waals surface area contributed by atoms with Crippen LogP contribution >= 0.6 is 11.8 Å². The first-order valence-electron chi connectivity index (χ1n) is 9.57. The van der Waals surface area contributed by atoms with Crippen LogP contribution in [0.25, 0.3) is 0 Å². The van der Waals surface area contributed by atoms with E-state index in [4.69, 9.17) is 20.9 Å². The molecule has 4 rings (SSSR count). The highest BCUT2D eigenvalue weighted by Gasteiger charge is 2.30. The number of nitro groups is 1. The third-order valence-electron chi connectivity index (χ3n) is 4.72.